The quantitative estimate of drug-likeness (QED) is 0.861. The summed E-state index contributed by atoms with van der Waals surface area (Å²) < 4.78 is 23.3. The van der Waals surface area contributed by atoms with Crippen molar-refractivity contribution in [1.82, 2.24) is 10.2 Å². The van der Waals surface area contributed by atoms with Crippen LogP contribution in [0.2, 0.25) is 0 Å². The Kier molecular flexibility index (Phi) is 4.91. The molecular weight excluding hydrogens is 284 g/mol. The van der Waals surface area contributed by atoms with Crippen molar-refractivity contribution in [2.75, 3.05) is 31.1 Å². The van der Waals surface area contributed by atoms with Crippen LogP contribution >= 0.6 is 0 Å². The summed E-state index contributed by atoms with van der Waals surface area (Å²) in [6, 6.07) is 1.16. The van der Waals surface area contributed by atoms with E-state index in [1.54, 1.807) is 0 Å². The molecule has 0 radical (unpaired) electrons. The lowest BCUT2D eigenvalue weighted by molar-refractivity contribution is 0.0923. The average molecular weight is 314 g/mol. The monoisotopic (exact) mass is 314 g/mol. The standard InChI is InChI=1S/C16H30N2O2S/c1-13-9-17-16(15-5-3-2-4-6-15)11-18(13)10-14-7-8-21(19,20)12-14/h13-17H,2-12H2,1H3. The lowest BCUT2D eigenvalue weighted by Gasteiger charge is -2.43. The maximum Gasteiger partial charge on any atom is 0.150 e. The highest BCUT2D eigenvalue weighted by atomic mass is 32.2. The maximum atomic E-state index is 11.6. The van der Waals surface area contributed by atoms with Gasteiger partial charge in [0.05, 0.1) is 11.5 Å². The van der Waals surface area contributed by atoms with Gasteiger partial charge in [-0.15, -0.1) is 0 Å². The normalized spacial score (nSPS) is 38.6. The zero-order valence-corrected chi connectivity index (χ0v) is 14.1. The van der Waals surface area contributed by atoms with Gasteiger partial charge in [0.25, 0.3) is 0 Å². The predicted molar refractivity (Wildman–Crippen MR) is 86.2 cm³/mol. The molecule has 2 heterocycles. The molecule has 5 heteroatoms. The van der Waals surface area contributed by atoms with Crippen molar-refractivity contribution < 1.29 is 8.42 Å². The molecule has 0 bridgehead atoms. The maximum absolute atomic E-state index is 11.6. The van der Waals surface area contributed by atoms with Crippen molar-refractivity contribution in [1.29, 1.82) is 0 Å². The van der Waals surface area contributed by atoms with Crippen LogP contribution in [0.25, 0.3) is 0 Å². The Bertz CT molecular complexity index is 445. The largest absolute Gasteiger partial charge is 0.311 e. The molecule has 1 aliphatic carbocycles. The van der Waals surface area contributed by atoms with Crippen LogP contribution in [0.1, 0.15) is 45.4 Å². The van der Waals surface area contributed by atoms with Crippen LogP contribution < -0.4 is 5.32 Å². The van der Waals surface area contributed by atoms with Crippen molar-refractivity contribution in [3.8, 4) is 0 Å². The third-order valence-electron chi connectivity index (χ3n) is 5.77. The summed E-state index contributed by atoms with van der Waals surface area (Å²) >= 11 is 0. The molecule has 0 aromatic heterocycles. The topological polar surface area (TPSA) is 49.4 Å². The van der Waals surface area contributed by atoms with Gasteiger partial charge in [-0.05, 0) is 38.0 Å². The van der Waals surface area contributed by atoms with Crippen LogP contribution in [0.4, 0.5) is 0 Å². The minimum absolute atomic E-state index is 0.363. The Hall–Kier alpha value is -0.130. The summed E-state index contributed by atoms with van der Waals surface area (Å²) in [6.45, 7) is 5.42. The molecule has 1 saturated carbocycles. The highest BCUT2D eigenvalue weighted by Gasteiger charge is 2.34. The molecule has 3 fully saturated rings. The Labute approximate surface area is 129 Å². The molecule has 0 spiro atoms. The molecule has 0 aromatic carbocycles. The Morgan fingerprint density at radius 1 is 1.14 bits per heavy atom. The van der Waals surface area contributed by atoms with Gasteiger partial charge in [-0.25, -0.2) is 8.42 Å². The molecule has 0 amide bonds. The van der Waals surface area contributed by atoms with Crippen LogP contribution in [-0.2, 0) is 9.84 Å². The second-order valence-corrected chi connectivity index (χ2v) is 9.71. The van der Waals surface area contributed by atoms with E-state index in [0.717, 1.165) is 32.0 Å². The Morgan fingerprint density at radius 2 is 1.90 bits per heavy atom. The number of piperazine rings is 1. The van der Waals surface area contributed by atoms with Gasteiger partial charge in [0, 0.05) is 31.7 Å². The van der Waals surface area contributed by atoms with Crippen molar-refractivity contribution >= 4 is 9.84 Å². The second kappa shape index (κ2) is 6.55. The lowest BCUT2D eigenvalue weighted by atomic mass is 9.82. The highest BCUT2D eigenvalue weighted by Crippen LogP contribution is 2.29. The molecule has 3 aliphatic rings. The van der Waals surface area contributed by atoms with E-state index in [-0.39, 0.29) is 0 Å². The SMILES string of the molecule is CC1CNC(C2CCCCC2)CN1CC1CCS(=O)(=O)C1. The molecular formula is C16H30N2O2S. The van der Waals surface area contributed by atoms with E-state index in [1.807, 2.05) is 0 Å². The summed E-state index contributed by atoms with van der Waals surface area (Å²) in [5.74, 6) is 2.02. The van der Waals surface area contributed by atoms with Gasteiger partial charge in [0.1, 0.15) is 0 Å². The van der Waals surface area contributed by atoms with Crippen LogP contribution in [0.15, 0.2) is 0 Å². The first-order chi connectivity index (χ1) is 10.0. The molecule has 0 aromatic rings. The number of rotatable bonds is 3. The van der Waals surface area contributed by atoms with Crippen LogP contribution in [0.3, 0.4) is 0 Å². The molecule has 3 unspecified atom stereocenters. The fourth-order valence-electron chi connectivity index (χ4n) is 4.40. The van der Waals surface area contributed by atoms with Gasteiger partial charge in [0.2, 0.25) is 0 Å². The molecule has 122 valence electrons. The highest BCUT2D eigenvalue weighted by molar-refractivity contribution is 7.91. The number of sulfone groups is 1. The molecule has 2 aliphatic heterocycles. The number of hydrogen-bond acceptors (Lipinski definition) is 4. The number of nitrogens with zero attached hydrogens (tertiary/aromatic N) is 1. The summed E-state index contributed by atoms with van der Waals surface area (Å²) in [5, 5.41) is 3.75. The summed E-state index contributed by atoms with van der Waals surface area (Å²) in [6.07, 6.45) is 7.80. The van der Waals surface area contributed by atoms with E-state index >= 15 is 0 Å². The Morgan fingerprint density at radius 3 is 2.57 bits per heavy atom. The summed E-state index contributed by atoms with van der Waals surface area (Å²) in [7, 11) is -2.74. The molecule has 3 rings (SSSR count). The van der Waals surface area contributed by atoms with Gasteiger partial charge in [0.15, 0.2) is 9.84 Å². The third kappa shape index (κ3) is 3.99. The van der Waals surface area contributed by atoms with Gasteiger partial charge < -0.3 is 5.32 Å². The van der Waals surface area contributed by atoms with Crippen molar-refractivity contribution in [3.63, 3.8) is 0 Å². The average Bonchev–Trinajstić information content (AvgIpc) is 2.81. The zero-order chi connectivity index (χ0) is 14.9. The van der Waals surface area contributed by atoms with E-state index < -0.39 is 9.84 Å². The molecule has 4 nitrogen and oxygen atoms in total. The van der Waals surface area contributed by atoms with Crippen molar-refractivity contribution in [3.05, 3.63) is 0 Å². The van der Waals surface area contributed by atoms with E-state index in [2.05, 4.69) is 17.1 Å². The molecule has 3 atom stereocenters. The minimum atomic E-state index is -2.74. The van der Waals surface area contributed by atoms with Gasteiger partial charge in [-0.3, -0.25) is 4.90 Å². The molecule has 2 saturated heterocycles. The number of hydrogen-bond donors (Lipinski definition) is 1. The first-order valence-electron chi connectivity index (χ1n) is 8.71. The third-order valence-corrected chi connectivity index (χ3v) is 7.61. The van der Waals surface area contributed by atoms with Crippen molar-refractivity contribution in [2.24, 2.45) is 11.8 Å². The van der Waals surface area contributed by atoms with Crippen molar-refractivity contribution in [2.45, 2.75) is 57.5 Å². The Balaban J connectivity index is 1.56. The fraction of sp³-hybridized carbons (Fsp3) is 1.00. The summed E-state index contributed by atoms with van der Waals surface area (Å²) in [4.78, 5) is 2.56. The van der Waals surface area contributed by atoms with E-state index in [4.69, 9.17) is 0 Å². The van der Waals surface area contributed by atoms with E-state index in [9.17, 15) is 8.42 Å². The fourth-order valence-corrected chi connectivity index (χ4v) is 6.25. The minimum Gasteiger partial charge on any atom is -0.311 e. The first kappa shape index (κ1) is 15.8. The van der Waals surface area contributed by atoms with Gasteiger partial charge >= 0.3 is 0 Å². The van der Waals surface area contributed by atoms with E-state index in [1.165, 1.54) is 32.1 Å². The first-order valence-corrected chi connectivity index (χ1v) is 10.5. The zero-order valence-electron chi connectivity index (χ0n) is 13.3. The molecule has 1 N–H and O–H groups in total. The van der Waals surface area contributed by atoms with E-state index in [0.29, 0.717) is 29.5 Å². The molecule has 21 heavy (non-hydrogen) atoms. The second-order valence-electron chi connectivity index (χ2n) is 7.48. The smallest absolute Gasteiger partial charge is 0.150 e. The van der Waals surface area contributed by atoms with Gasteiger partial charge in [-0.1, -0.05) is 19.3 Å². The van der Waals surface area contributed by atoms with Crippen LogP contribution in [0.5, 0.6) is 0 Å². The van der Waals surface area contributed by atoms with Crippen LogP contribution in [0, 0.1) is 11.8 Å². The number of nitrogens with one attached hydrogen (secondary N) is 1. The van der Waals surface area contributed by atoms with Gasteiger partial charge in [-0.2, -0.15) is 0 Å². The summed E-state index contributed by atoms with van der Waals surface area (Å²) in [5.41, 5.74) is 0. The van der Waals surface area contributed by atoms with Crippen LogP contribution in [-0.4, -0.2) is 56.5 Å². The predicted octanol–water partition coefficient (Wildman–Crippen LogP) is 1.66. The lowest BCUT2D eigenvalue weighted by Crippen LogP contribution is -2.58.